The van der Waals surface area contributed by atoms with Crippen LogP contribution in [0.15, 0.2) is 60.7 Å². The molecule has 0 radical (unpaired) electrons. The van der Waals surface area contributed by atoms with Crippen molar-refractivity contribution < 1.29 is 19.4 Å². The highest BCUT2D eigenvalue weighted by molar-refractivity contribution is 6.33. The van der Waals surface area contributed by atoms with Crippen molar-refractivity contribution in [2.24, 2.45) is 11.5 Å². The van der Waals surface area contributed by atoms with Gasteiger partial charge in [0.15, 0.2) is 11.6 Å². The lowest BCUT2D eigenvalue weighted by Crippen LogP contribution is -2.15. The van der Waals surface area contributed by atoms with Crippen molar-refractivity contribution in [1.82, 2.24) is 0 Å². The van der Waals surface area contributed by atoms with Crippen LogP contribution < -0.4 is 11.5 Å². The number of hydrogen-bond acceptors (Lipinski definition) is 4. The fourth-order valence-electron chi connectivity index (χ4n) is 3.55. The van der Waals surface area contributed by atoms with Crippen LogP contribution in [0.3, 0.4) is 0 Å². The second kappa shape index (κ2) is 15.1. The molecule has 3 aromatic carbocycles. The molecule has 6 N–H and O–H groups in total. The molecule has 0 aliphatic rings. The third kappa shape index (κ3) is 8.35. The van der Waals surface area contributed by atoms with E-state index in [-0.39, 0.29) is 33.7 Å². The third-order valence-electron chi connectivity index (χ3n) is 5.19. The summed E-state index contributed by atoms with van der Waals surface area (Å²) in [5.41, 5.74) is 13.2. The van der Waals surface area contributed by atoms with Gasteiger partial charge in [0.2, 0.25) is 5.91 Å². The largest absolute Gasteiger partial charge is 0.505 e. The maximum Gasteiger partial charge on any atom is 0.249 e. The quantitative estimate of drug-likeness (QED) is 0.306. The topological polar surface area (TPSA) is 110 Å². The van der Waals surface area contributed by atoms with Gasteiger partial charge in [-0.2, -0.15) is 0 Å². The average molecular weight is 503 g/mol. The first-order chi connectivity index (χ1) is 16.7. The van der Waals surface area contributed by atoms with E-state index < -0.39 is 17.5 Å². The summed E-state index contributed by atoms with van der Waals surface area (Å²) < 4.78 is 14.7. The van der Waals surface area contributed by atoms with Crippen molar-refractivity contribution in [2.45, 2.75) is 52.6 Å². The molecule has 0 bridgehead atoms. The fourth-order valence-corrected chi connectivity index (χ4v) is 3.76. The number of aromatic hydroxyl groups is 1. The van der Waals surface area contributed by atoms with E-state index in [0.29, 0.717) is 6.54 Å². The highest BCUT2D eigenvalue weighted by Gasteiger charge is 2.22. The molecule has 190 valence electrons. The van der Waals surface area contributed by atoms with Crippen LogP contribution in [-0.2, 0) is 0 Å². The second-order valence-corrected chi connectivity index (χ2v) is 8.17. The third-order valence-corrected chi connectivity index (χ3v) is 5.52. The molecule has 1 unspecified atom stereocenters. The van der Waals surface area contributed by atoms with Crippen LogP contribution in [0.5, 0.6) is 5.75 Å². The fraction of sp³-hybridized carbons (Fsp3) is 0.321. The molecule has 1 amide bonds. The zero-order valence-corrected chi connectivity index (χ0v) is 21.5. The molecule has 35 heavy (non-hydrogen) atoms. The predicted molar refractivity (Wildman–Crippen MR) is 142 cm³/mol. The van der Waals surface area contributed by atoms with E-state index in [1.807, 2.05) is 51.1 Å². The Morgan fingerprint density at radius 2 is 1.69 bits per heavy atom. The van der Waals surface area contributed by atoms with Gasteiger partial charge >= 0.3 is 0 Å². The minimum absolute atomic E-state index is 0.0617. The predicted octanol–water partition coefficient (Wildman–Crippen LogP) is 6.23. The van der Waals surface area contributed by atoms with E-state index in [4.69, 9.17) is 28.2 Å². The average Bonchev–Trinajstić information content (AvgIpc) is 2.84. The number of aliphatic hydroxyl groups is 1. The molecule has 0 spiro atoms. The van der Waals surface area contributed by atoms with Crippen LogP contribution in [0.25, 0.3) is 11.1 Å². The van der Waals surface area contributed by atoms with E-state index in [1.54, 1.807) is 18.2 Å². The number of phenolic OH excluding ortho intramolecular Hbond substituents is 1. The van der Waals surface area contributed by atoms with Crippen molar-refractivity contribution >= 4 is 17.5 Å². The van der Waals surface area contributed by atoms with Gasteiger partial charge in [-0.15, -0.1) is 0 Å². The van der Waals surface area contributed by atoms with Crippen molar-refractivity contribution in [3.63, 3.8) is 0 Å². The second-order valence-electron chi connectivity index (χ2n) is 7.76. The van der Waals surface area contributed by atoms with Crippen LogP contribution in [0, 0.1) is 5.82 Å². The van der Waals surface area contributed by atoms with Crippen LogP contribution in [0.2, 0.25) is 5.02 Å². The normalized spacial score (nSPS) is 11.9. The summed E-state index contributed by atoms with van der Waals surface area (Å²) in [5, 5.41) is 18.6. The Morgan fingerprint density at radius 3 is 2.17 bits per heavy atom. The number of carbonyl (C=O) groups excluding carboxylic acids is 1. The summed E-state index contributed by atoms with van der Waals surface area (Å²) in [7, 11) is 0. The summed E-state index contributed by atoms with van der Waals surface area (Å²) >= 11 is 6.29. The van der Waals surface area contributed by atoms with Gasteiger partial charge in [0.25, 0.3) is 0 Å². The maximum atomic E-state index is 14.7. The van der Waals surface area contributed by atoms with Crippen LogP contribution in [-0.4, -0.2) is 28.8 Å². The summed E-state index contributed by atoms with van der Waals surface area (Å²) in [6.45, 7) is 8.20. The van der Waals surface area contributed by atoms with Crippen LogP contribution in [0.1, 0.15) is 67.9 Å². The van der Waals surface area contributed by atoms with Gasteiger partial charge in [-0.05, 0) is 48.7 Å². The van der Waals surface area contributed by atoms with Crippen molar-refractivity contribution in [2.75, 3.05) is 6.54 Å². The molecule has 0 aromatic heterocycles. The van der Waals surface area contributed by atoms with Crippen LogP contribution >= 0.6 is 11.6 Å². The summed E-state index contributed by atoms with van der Waals surface area (Å²) in [4.78, 5) is 11.8. The lowest BCUT2D eigenvalue weighted by molar-refractivity contribution is 0.100. The van der Waals surface area contributed by atoms with E-state index in [2.05, 4.69) is 6.92 Å². The van der Waals surface area contributed by atoms with E-state index in [9.17, 15) is 14.3 Å². The Balaban J connectivity index is 0.000000670. The van der Waals surface area contributed by atoms with Crippen LogP contribution in [0.4, 0.5) is 4.39 Å². The molecule has 5 nitrogen and oxygen atoms in total. The van der Waals surface area contributed by atoms with Crippen molar-refractivity contribution in [3.05, 3.63) is 88.2 Å². The number of benzene rings is 3. The smallest absolute Gasteiger partial charge is 0.249 e. The number of halogens is 2. The zero-order valence-electron chi connectivity index (χ0n) is 20.8. The highest BCUT2D eigenvalue weighted by atomic mass is 35.5. The SMILES string of the molecule is CC.CCC[C@@H](C)O.NCC(c1ccccc1)c1ccc(Cl)c(-c2c(C(N)=O)ccc(O)c2F)c1. The number of amides is 1. The first-order valence-electron chi connectivity index (χ1n) is 11.7. The lowest BCUT2D eigenvalue weighted by atomic mass is 9.88. The summed E-state index contributed by atoms with van der Waals surface area (Å²) in [6.07, 6.45) is 1.91. The molecule has 3 rings (SSSR count). The van der Waals surface area contributed by atoms with E-state index in [0.717, 1.165) is 30.0 Å². The number of carbonyl (C=O) groups is 1. The molecule has 2 atom stereocenters. The van der Waals surface area contributed by atoms with Gasteiger partial charge in [-0.25, -0.2) is 4.39 Å². The number of aliphatic hydroxyl groups excluding tert-OH is 1. The molecule has 0 heterocycles. The lowest BCUT2D eigenvalue weighted by Gasteiger charge is -2.19. The van der Waals surface area contributed by atoms with Gasteiger partial charge < -0.3 is 21.7 Å². The molecule has 0 saturated carbocycles. The number of nitrogens with two attached hydrogens (primary N) is 2. The van der Waals surface area contributed by atoms with Gasteiger partial charge in [0.1, 0.15) is 0 Å². The Labute approximate surface area is 212 Å². The Bertz CT molecular complexity index is 1080. The minimum Gasteiger partial charge on any atom is -0.505 e. The van der Waals surface area contributed by atoms with Crippen molar-refractivity contribution in [1.29, 1.82) is 0 Å². The molecule has 0 aliphatic carbocycles. The number of primary amides is 1. The molecule has 7 heteroatoms. The summed E-state index contributed by atoms with van der Waals surface area (Å²) in [6, 6.07) is 17.1. The number of phenols is 1. The maximum absolute atomic E-state index is 14.7. The molecule has 0 aliphatic heterocycles. The van der Waals surface area contributed by atoms with E-state index >= 15 is 0 Å². The summed E-state index contributed by atoms with van der Waals surface area (Å²) in [5.74, 6) is -2.49. The first-order valence-corrected chi connectivity index (χ1v) is 12.1. The molecular weight excluding hydrogens is 467 g/mol. The Morgan fingerprint density at radius 1 is 1.06 bits per heavy atom. The first kappa shape index (κ1) is 30.1. The zero-order chi connectivity index (χ0) is 26.5. The van der Waals surface area contributed by atoms with Gasteiger partial charge in [-0.1, -0.05) is 75.2 Å². The minimum atomic E-state index is -0.950. The number of rotatable bonds is 7. The Hall–Kier alpha value is -2.93. The van der Waals surface area contributed by atoms with Crippen molar-refractivity contribution in [3.8, 4) is 16.9 Å². The molecule has 3 aromatic rings. The Kier molecular flexibility index (Phi) is 13.0. The monoisotopic (exact) mass is 502 g/mol. The van der Waals surface area contributed by atoms with Gasteiger partial charge in [0, 0.05) is 28.6 Å². The number of hydrogen-bond donors (Lipinski definition) is 4. The molecule has 0 saturated heterocycles. The standard InChI is InChI=1S/C21H18ClFN2O2.C5H12O.C2H6/c22-17-8-6-13(16(11-24)12-4-2-1-3-5-12)10-15(17)19-14(21(25)27)7-9-18(26)20(19)23;1-3-4-5(2)6;1-2/h1-10,16,26H,11,24H2,(H2,25,27);5-6H,3-4H2,1-2H3;1-2H3/t;5-;/m.1./s1. The van der Waals surface area contributed by atoms with Gasteiger partial charge in [0.05, 0.1) is 11.7 Å². The highest BCUT2D eigenvalue weighted by Crippen LogP contribution is 2.38. The molecule has 0 fully saturated rings. The van der Waals surface area contributed by atoms with Gasteiger partial charge in [-0.3, -0.25) is 4.79 Å². The molecular formula is C28H36ClFN2O3. The van der Waals surface area contributed by atoms with E-state index in [1.165, 1.54) is 6.07 Å².